The molecule has 0 spiro atoms. The quantitative estimate of drug-likeness (QED) is 0.0783. The monoisotopic (exact) mass is 551 g/mol. The Morgan fingerprint density at radius 3 is 2.62 bits per heavy atom. The van der Waals surface area contributed by atoms with E-state index >= 15 is 0 Å². The summed E-state index contributed by atoms with van der Waals surface area (Å²) in [4.78, 5) is 31.0. The number of amides is 1. The molecule has 13 heteroatoms. The number of phenols is 1. The number of benzene rings is 2. The lowest BCUT2D eigenvalue weighted by Crippen LogP contribution is -2.29. The predicted molar refractivity (Wildman–Crippen MR) is 147 cm³/mol. The number of carbonyl (C=O) groups excluding carboxylic acids is 1. The van der Waals surface area contributed by atoms with Gasteiger partial charge in [0.15, 0.2) is 0 Å². The lowest BCUT2D eigenvalue weighted by atomic mass is 10.1. The van der Waals surface area contributed by atoms with Crippen molar-refractivity contribution >= 4 is 46.2 Å². The molecule has 4 rings (SSSR count). The summed E-state index contributed by atoms with van der Waals surface area (Å²) in [5.41, 5.74) is 8.24. The average Bonchev–Trinajstić information content (AvgIpc) is 2.93. The van der Waals surface area contributed by atoms with Crippen LogP contribution in [0.15, 0.2) is 66.9 Å². The maximum atomic E-state index is 13.4. The predicted octanol–water partition coefficient (Wildman–Crippen LogP) is 5.05. The van der Waals surface area contributed by atoms with Gasteiger partial charge in [0.2, 0.25) is 0 Å². The number of aromatic hydroxyl groups is 1. The van der Waals surface area contributed by atoms with E-state index < -0.39 is 17.5 Å². The molecule has 6 N–H and O–H groups in total. The fourth-order valence-electron chi connectivity index (χ4n) is 3.65. The van der Waals surface area contributed by atoms with Gasteiger partial charge in [0.1, 0.15) is 30.3 Å². The van der Waals surface area contributed by atoms with Crippen LogP contribution in [0.4, 0.5) is 33.1 Å². The molecule has 4 aromatic rings. The van der Waals surface area contributed by atoms with Crippen LogP contribution in [0.2, 0.25) is 5.02 Å². The highest BCUT2D eigenvalue weighted by Crippen LogP contribution is 2.33. The Kier molecular flexibility index (Phi) is 8.37. The van der Waals surface area contributed by atoms with Crippen LogP contribution in [-0.2, 0) is 6.67 Å². The van der Waals surface area contributed by atoms with Gasteiger partial charge in [0.25, 0.3) is 11.6 Å². The lowest BCUT2D eigenvalue weighted by molar-refractivity contribution is -0.385. The molecule has 0 bridgehead atoms. The number of nitrogen functional groups attached to an aromatic ring is 1. The Hall–Kier alpha value is -4.97. The van der Waals surface area contributed by atoms with Gasteiger partial charge in [-0.3, -0.25) is 14.9 Å². The number of nitro groups is 1. The largest absolute Gasteiger partial charge is 0.507 e. The second-order valence-electron chi connectivity index (χ2n) is 8.26. The number of halogens is 2. The number of alkyl halides is 1. The van der Waals surface area contributed by atoms with Gasteiger partial charge in [-0.2, -0.15) is 0 Å². The van der Waals surface area contributed by atoms with E-state index in [9.17, 15) is 24.4 Å². The number of hydrogen-bond acceptors (Lipinski definition) is 9. The van der Waals surface area contributed by atoms with Crippen LogP contribution in [0, 0.1) is 10.1 Å². The fourth-order valence-corrected chi connectivity index (χ4v) is 3.84. The second kappa shape index (κ2) is 12.0. The summed E-state index contributed by atoms with van der Waals surface area (Å²) in [5, 5.41) is 30.3. The molecule has 0 aliphatic carbocycles. The highest BCUT2D eigenvalue weighted by atomic mass is 35.5. The molecule has 0 aliphatic heterocycles. The van der Waals surface area contributed by atoms with E-state index in [0.29, 0.717) is 45.6 Å². The Labute approximate surface area is 227 Å². The molecule has 0 saturated carbocycles. The molecule has 0 radical (unpaired) electrons. The van der Waals surface area contributed by atoms with Crippen LogP contribution in [0.3, 0.4) is 0 Å². The van der Waals surface area contributed by atoms with Gasteiger partial charge in [-0.15, -0.1) is 0 Å². The first-order valence-corrected chi connectivity index (χ1v) is 12.0. The van der Waals surface area contributed by atoms with Crippen molar-refractivity contribution in [3.63, 3.8) is 0 Å². The Bertz CT molecular complexity index is 1520. The lowest BCUT2D eigenvalue weighted by Gasteiger charge is -2.13. The molecule has 2 heterocycles. The van der Waals surface area contributed by atoms with E-state index in [0.717, 1.165) is 6.20 Å². The first-order chi connectivity index (χ1) is 18.7. The van der Waals surface area contributed by atoms with Crippen molar-refractivity contribution in [1.82, 2.24) is 15.3 Å². The highest BCUT2D eigenvalue weighted by molar-refractivity contribution is 6.30. The van der Waals surface area contributed by atoms with Crippen molar-refractivity contribution in [3.8, 4) is 17.0 Å². The van der Waals surface area contributed by atoms with E-state index in [1.165, 1.54) is 30.3 Å². The maximum Gasteiger partial charge on any atom is 0.287 e. The summed E-state index contributed by atoms with van der Waals surface area (Å²) in [5.74, 6) is -0.123. The molecule has 0 fully saturated rings. The van der Waals surface area contributed by atoms with Crippen LogP contribution in [-0.4, -0.2) is 39.0 Å². The minimum atomic E-state index is -0.709. The number of nitrogens with zero attached hydrogens (tertiary/aromatic N) is 3. The standard InChI is InChI=1S/C26H23ClFN7O4/c27-16-1-5-21(15(11-16)13-28)33-17-2-7-23(36)20(12-17)22-6-4-19(25(29)34-22)26(37)31-10-9-30-24-8-3-18(14-32-24)35(38)39/h1-8,11-12,14,33,36H,9-10,13H2,(H2,29,34)(H,30,32)(H,31,37). The third-order valence-electron chi connectivity index (χ3n) is 5.61. The van der Waals surface area contributed by atoms with Crippen LogP contribution < -0.4 is 21.7 Å². The highest BCUT2D eigenvalue weighted by Gasteiger charge is 2.15. The van der Waals surface area contributed by atoms with Crippen LogP contribution >= 0.6 is 11.6 Å². The minimum absolute atomic E-state index is 0.0369. The number of hydrogen-bond donors (Lipinski definition) is 5. The summed E-state index contributed by atoms with van der Waals surface area (Å²) in [6.45, 7) is -0.175. The van der Waals surface area contributed by atoms with Crippen molar-refractivity contribution in [2.45, 2.75) is 6.67 Å². The number of nitrogens with one attached hydrogen (secondary N) is 3. The molecule has 200 valence electrons. The van der Waals surface area contributed by atoms with Crippen molar-refractivity contribution < 1.29 is 19.2 Å². The van der Waals surface area contributed by atoms with Crippen molar-refractivity contribution in [1.29, 1.82) is 0 Å². The van der Waals surface area contributed by atoms with E-state index in [-0.39, 0.29) is 29.4 Å². The zero-order chi connectivity index (χ0) is 27.9. The zero-order valence-electron chi connectivity index (χ0n) is 20.3. The molecule has 0 aliphatic rings. The van der Waals surface area contributed by atoms with Gasteiger partial charge in [-0.1, -0.05) is 11.6 Å². The van der Waals surface area contributed by atoms with Crippen LogP contribution in [0.5, 0.6) is 5.75 Å². The molecule has 11 nitrogen and oxygen atoms in total. The number of phenolic OH excluding ortho intramolecular Hbond substituents is 1. The number of aromatic nitrogens is 2. The van der Waals surface area contributed by atoms with Crippen molar-refractivity contribution in [2.24, 2.45) is 0 Å². The van der Waals surface area contributed by atoms with Gasteiger partial charge in [-0.05, 0) is 54.6 Å². The second-order valence-corrected chi connectivity index (χ2v) is 8.70. The van der Waals surface area contributed by atoms with E-state index in [4.69, 9.17) is 17.3 Å². The molecular weight excluding hydrogens is 529 g/mol. The average molecular weight is 552 g/mol. The normalized spacial score (nSPS) is 10.6. The molecule has 0 atom stereocenters. The van der Waals surface area contributed by atoms with E-state index in [1.54, 1.807) is 30.3 Å². The number of rotatable bonds is 10. The molecule has 0 unspecified atom stereocenters. The molecule has 0 saturated heterocycles. The number of nitrogens with two attached hydrogens (primary N) is 1. The fraction of sp³-hybridized carbons (Fsp3) is 0.115. The Balaban J connectivity index is 1.40. The summed E-state index contributed by atoms with van der Waals surface area (Å²) in [6, 6.07) is 15.4. The third kappa shape index (κ3) is 6.67. The summed E-state index contributed by atoms with van der Waals surface area (Å²) in [6.07, 6.45) is 1.14. The minimum Gasteiger partial charge on any atom is -0.507 e. The summed E-state index contributed by atoms with van der Waals surface area (Å²) >= 11 is 5.95. The van der Waals surface area contributed by atoms with Crippen molar-refractivity contribution in [3.05, 3.63) is 93.1 Å². The molecule has 1 amide bonds. The van der Waals surface area contributed by atoms with Gasteiger partial charge < -0.3 is 26.8 Å². The van der Waals surface area contributed by atoms with Gasteiger partial charge >= 0.3 is 0 Å². The number of carbonyl (C=O) groups is 1. The zero-order valence-corrected chi connectivity index (χ0v) is 21.1. The van der Waals surface area contributed by atoms with Gasteiger partial charge in [-0.25, -0.2) is 14.4 Å². The van der Waals surface area contributed by atoms with Gasteiger partial charge in [0, 0.05) is 46.7 Å². The van der Waals surface area contributed by atoms with E-state index in [1.807, 2.05) is 0 Å². The maximum absolute atomic E-state index is 13.4. The SMILES string of the molecule is Nc1nc(-c2cc(Nc3ccc(Cl)cc3CF)ccc2O)ccc1C(=O)NCCNc1ccc([N+](=O)[O-])cn1. The smallest absolute Gasteiger partial charge is 0.287 e. The van der Waals surface area contributed by atoms with Crippen molar-refractivity contribution in [2.75, 3.05) is 29.5 Å². The van der Waals surface area contributed by atoms with Crippen LogP contribution in [0.1, 0.15) is 15.9 Å². The molecule has 2 aromatic heterocycles. The summed E-state index contributed by atoms with van der Waals surface area (Å²) < 4.78 is 13.4. The number of anilines is 4. The Morgan fingerprint density at radius 2 is 1.92 bits per heavy atom. The Morgan fingerprint density at radius 1 is 1.10 bits per heavy atom. The molecule has 2 aromatic carbocycles. The molecule has 39 heavy (non-hydrogen) atoms. The summed E-state index contributed by atoms with van der Waals surface area (Å²) in [7, 11) is 0. The first-order valence-electron chi connectivity index (χ1n) is 11.6. The topological polar surface area (TPSA) is 168 Å². The third-order valence-corrected chi connectivity index (χ3v) is 5.84. The van der Waals surface area contributed by atoms with Crippen LogP contribution in [0.25, 0.3) is 11.3 Å². The number of pyridine rings is 2. The van der Waals surface area contributed by atoms with E-state index in [2.05, 4.69) is 25.9 Å². The molecular formula is C26H23ClFN7O4. The van der Waals surface area contributed by atoms with Gasteiger partial charge in [0.05, 0.1) is 16.2 Å². The first kappa shape index (κ1) is 27.1.